The van der Waals surface area contributed by atoms with Crippen molar-refractivity contribution in [2.45, 2.75) is 0 Å². The zero-order valence-corrected chi connectivity index (χ0v) is 9.43. The number of halogens is 3. The Labute approximate surface area is 97.8 Å². The van der Waals surface area contributed by atoms with E-state index in [0.29, 0.717) is 12.3 Å². The van der Waals surface area contributed by atoms with E-state index in [2.05, 4.69) is 0 Å². The van der Waals surface area contributed by atoms with Gasteiger partial charge in [-0.05, 0) is 30.3 Å². The van der Waals surface area contributed by atoms with E-state index in [1.165, 1.54) is 5.54 Å². The summed E-state index contributed by atoms with van der Waals surface area (Å²) >= 11 is 16.4. The molecular weight excluding hydrogens is 244 g/mol. The molecule has 0 atom stereocenters. The molecule has 0 aromatic heterocycles. The molecule has 1 aromatic rings. The molecule has 0 N–H and O–H groups in total. The van der Waals surface area contributed by atoms with Gasteiger partial charge in [-0.15, -0.1) is 0 Å². The van der Waals surface area contributed by atoms with Gasteiger partial charge in [0.25, 0.3) is 0 Å². The van der Waals surface area contributed by atoms with E-state index in [9.17, 15) is 0 Å². The van der Waals surface area contributed by atoms with Crippen LogP contribution in [0.1, 0.15) is 0 Å². The normalized spacial score (nSPS) is 10.5. The summed E-state index contributed by atoms with van der Waals surface area (Å²) in [6.07, 6.45) is 1.70. The van der Waals surface area contributed by atoms with Crippen LogP contribution in [-0.4, -0.2) is 6.61 Å². The molecule has 0 aliphatic rings. The summed E-state index contributed by atoms with van der Waals surface area (Å²) in [5, 5.41) is 0. The number of rotatable bonds is 4. The standard InChI is InChI=1S/C9H8Cl3NO/c10-6-1-7-14-9-4-2-8(3-5-9)13(11)12/h1-6H,7H2/b6-1+. The first-order valence-electron chi connectivity index (χ1n) is 3.84. The Morgan fingerprint density at radius 3 is 2.36 bits per heavy atom. The second kappa shape index (κ2) is 6.02. The molecule has 1 rings (SSSR count). The van der Waals surface area contributed by atoms with Gasteiger partial charge >= 0.3 is 0 Å². The number of hydrogen-bond acceptors (Lipinski definition) is 2. The third-order valence-corrected chi connectivity index (χ3v) is 2.04. The molecule has 0 saturated carbocycles. The largest absolute Gasteiger partial charge is 0.490 e. The molecule has 14 heavy (non-hydrogen) atoms. The Morgan fingerprint density at radius 2 is 1.86 bits per heavy atom. The first kappa shape index (κ1) is 11.5. The van der Waals surface area contributed by atoms with Crippen molar-refractivity contribution in [2.24, 2.45) is 0 Å². The molecule has 0 amide bonds. The van der Waals surface area contributed by atoms with Crippen LogP contribution in [0.15, 0.2) is 35.9 Å². The van der Waals surface area contributed by atoms with Gasteiger partial charge in [0, 0.05) is 29.1 Å². The molecule has 0 bridgehead atoms. The van der Waals surface area contributed by atoms with Crippen molar-refractivity contribution in [1.29, 1.82) is 0 Å². The van der Waals surface area contributed by atoms with Crippen molar-refractivity contribution < 1.29 is 4.74 Å². The maximum absolute atomic E-state index is 5.51. The second-order valence-electron chi connectivity index (χ2n) is 2.40. The molecule has 1 aromatic carbocycles. The molecule has 0 heterocycles. The fourth-order valence-electron chi connectivity index (χ4n) is 0.836. The molecule has 76 valence electrons. The van der Waals surface area contributed by atoms with Gasteiger partial charge in [0.1, 0.15) is 12.4 Å². The maximum atomic E-state index is 5.51. The van der Waals surface area contributed by atoms with E-state index in [4.69, 9.17) is 39.9 Å². The van der Waals surface area contributed by atoms with Gasteiger partial charge in [-0.25, -0.2) is 0 Å². The quantitative estimate of drug-likeness (QED) is 0.753. The fraction of sp³-hybridized carbons (Fsp3) is 0.111. The summed E-state index contributed by atoms with van der Waals surface area (Å²) in [4.78, 5) is 0. The highest BCUT2D eigenvalue weighted by Crippen LogP contribution is 2.22. The Bertz CT molecular complexity index is 297. The Balaban J connectivity index is 2.55. The molecular formula is C9H8Cl3NO. The Hall–Kier alpha value is -0.570. The summed E-state index contributed by atoms with van der Waals surface area (Å²) in [5.41, 5.74) is 2.10. The Morgan fingerprint density at radius 1 is 1.21 bits per heavy atom. The van der Waals surface area contributed by atoms with Gasteiger partial charge in [0.15, 0.2) is 0 Å². The van der Waals surface area contributed by atoms with Crippen LogP contribution in [0.4, 0.5) is 5.69 Å². The minimum atomic E-state index is 0.439. The van der Waals surface area contributed by atoms with Crippen LogP contribution in [0.3, 0.4) is 0 Å². The second-order valence-corrected chi connectivity index (χ2v) is 3.50. The highest BCUT2D eigenvalue weighted by atomic mass is 35.5. The van der Waals surface area contributed by atoms with Crippen LogP contribution >= 0.6 is 35.2 Å². The van der Waals surface area contributed by atoms with Crippen LogP contribution < -0.4 is 8.67 Å². The lowest BCUT2D eigenvalue weighted by Crippen LogP contribution is -1.94. The third kappa shape index (κ3) is 3.66. The molecule has 0 aliphatic heterocycles. The lowest BCUT2D eigenvalue weighted by Gasteiger charge is -2.07. The first-order chi connectivity index (χ1) is 6.74. The fourth-order valence-corrected chi connectivity index (χ4v) is 1.13. The molecule has 0 aliphatic carbocycles. The van der Waals surface area contributed by atoms with Crippen LogP contribution in [0, 0.1) is 0 Å². The van der Waals surface area contributed by atoms with Crippen LogP contribution in [-0.2, 0) is 0 Å². The highest BCUT2D eigenvalue weighted by Gasteiger charge is 1.98. The van der Waals surface area contributed by atoms with Crippen molar-refractivity contribution >= 4 is 40.8 Å². The average Bonchev–Trinajstić information content (AvgIpc) is 2.19. The maximum Gasteiger partial charge on any atom is 0.119 e. The van der Waals surface area contributed by atoms with E-state index in [1.807, 2.05) is 0 Å². The van der Waals surface area contributed by atoms with Crippen molar-refractivity contribution in [3.8, 4) is 5.75 Å². The Kier molecular flexibility index (Phi) is 4.94. The summed E-state index contributed by atoms with van der Waals surface area (Å²) in [6, 6.07) is 7.05. The van der Waals surface area contributed by atoms with E-state index >= 15 is 0 Å². The van der Waals surface area contributed by atoms with Crippen molar-refractivity contribution in [1.82, 2.24) is 0 Å². The molecule has 5 heteroatoms. The smallest absolute Gasteiger partial charge is 0.119 e. The van der Waals surface area contributed by atoms with Crippen molar-refractivity contribution in [3.05, 3.63) is 35.9 Å². The SMILES string of the molecule is Cl/C=C/COc1ccc(N(Cl)Cl)cc1. The van der Waals surface area contributed by atoms with E-state index < -0.39 is 0 Å². The van der Waals surface area contributed by atoms with Gasteiger partial charge in [-0.2, -0.15) is 3.94 Å². The number of ether oxygens (including phenoxy) is 1. The zero-order chi connectivity index (χ0) is 10.4. The minimum absolute atomic E-state index is 0.439. The van der Waals surface area contributed by atoms with Gasteiger partial charge < -0.3 is 4.74 Å². The number of anilines is 1. The van der Waals surface area contributed by atoms with Crippen LogP contribution in [0.25, 0.3) is 0 Å². The summed E-state index contributed by atoms with van der Waals surface area (Å²) < 4.78 is 6.29. The monoisotopic (exact) mass is 251 g/mol. The topological polar surface area (TPSA) is 12.5 Å². The molecule has 0 unspecified atom stereocenters. The van der Waals surface area contributed by atoms with Crippen molar-refractivity contribution in [2.75, 3.05) is 10.5 Å². The van der Waals surface area contributed by atoms with Gasteiger partial charge in [-0.1, -0.05) is 11.6 Å². The summed E-state index contributed by atoms with van der Waals surface area (Å²) in [7, 11) is 0. The van der Waals surface area contributed by atoms with Crippen LogP contribution in [0.5, 0.6) is 5.75 Å². The summed E-state index contributed by atoms with van der Waals surface area (Å²) in [6.45, 7) is 0.439. The number of benzene rings is 1. The lowest BCUT2D eigenvalue weighted by molar-refractivity contribution is 0.363. The van der Waals surface area contributed by atoms with E-state index in [0.717, 1.165) is 9.69 Å². The minimum Gasteiger partial charge on any atom is -0.490 e. The molecule has 2 nitrogen and oxygen atoms in total. The van der Waals surface area contributed by atoms with E-state index in [1.54, 1.807) is 30.3 Å². The van der Waals surface area contributed by atoms with Crippen molar-refractivity contribution in [3.63, 3.8) is 0 Å². The zero-order valence-electron chi connectivity index (χ0n) is 7.16. The number of nitrogens with zero attached hydrogens (tertiary/aromatic N) is 1. The predicted octanol–water partition coefficient (Wildman–Crippen LogP) is 3.93. The number of hydrogen-bond donors (Lipinski definition) is 0. The first-order valence-corrected chi connectivity index (χ1v) is 4.95. The predicted molar refractivity (Wildman–Crippen MR) is 61.1 cm³/mol. The van der Waals surface area contributed by atoms with Gasteiger partial charge in [0.05, 0.1) is 5.69 Å². The van der Waals surface area contributed by atoms with E-state index in [-0.39, 0.29) is 0 Å². The molecule has 0 fully saturated rings. The van der Waals surface area contributed by atoms with Gasteiger partial charge in [-0.3, -0.25) is 0 Å². The van der Waals surface area contributed by atoms with Gasteiger partial charge in [0.2, 0.25) is 0 Å². The molecule has 0 spiro atoms. The molecule has 0 radical (unpaired) electrons. The lowest BCUT2D eigenvalue weighted by atomic mass is 10.3. The molecule has 0 saturated heterocycles. The highest BCUT2D eigenvalue weighted by molar-refractivity contribution is 6.49. The average molecular weight is 253 g/mol. The van der Waals surface area contributed by atoms with Crippen LogP contribution in [0.2, 0.25) is 0 Å². The third-order valence-electron chi connectivity index (χ3n) is 1.47. The summed E-state index contributed by atoms with van der Waals surface area (Å²) in [5.74, 6) is 0.735.